The Hall–Kier alpha value is -4.46. The number of benzene rings is 2. The van der Waals surface area contributed by atoms with Gasteiger partial charge in [-0.1, -0.05) is 30.3 Å². The predicted octanol–water partition coefficient (Wildman–Crippen LogP) is 4.27. The van der Waals surface area contributed by atoms with Gasteiger partial charge in [0.2, 0.25) is 5.91 Å². The van der Waals surface area contributed by atoms with Crippen LogP contribution in [0.5, 0.6) is 6.01 Å². The monoisotopic (exact) mass is 682 g/mol. The van der Waals surface area contributed by atoms with Crippen LogP contribution in [0.25, 0.3) is 32.9 Å². The van der Waals surface area contributed by atoms with Crippen LogP contribution in [0.2, 0.25) is 0 Å². The molecule has 1 unspecified atom stereocenters. The molecule has 0 saturated carbocycles. The van der Waals surface area contributed by atoms with Gasteiger partial charge in [-0.25, -0.2) is 14.2 Å². The molecule has 4 aromatic rings. The fourth-order valence-electron chi connectivity index (χ4n) is 8.57. The topological polar surface area (TPSA) is 99.2 Å². The first-order valence-electron chi connectivity index (χ1n) is 17.8. The maximum Gasteiger partial charge on any atom is 0.319 e. The van der Waals surface area contributed by atoms with Crippen molar-refractivity contribution < 1.29 is 23.0 Å². The summed E-state index contributed by atoms with van der Waals surface area (Å²) in [5.74, 6) is -0.547. The smallest absolute Gasteiger partial charge is 0.319 e. The molecule has 50 heavy (non-hydrogen) atoms. The number of hydrazine groups is 1. The number of ether oxygens (including phenoxy) is 2. The van der Waals surface area contributed by atoms with Crippen molar-refractivity contribution in [2.24, 2.45) is 0 Å². The summed E-state index contributed by atoms with van der Waals surface area (Å²) in [6, 6.07) is 9.73. The number of pyridine rings is 1. The van der Waals surface area contributed by atoms with E-state index in [9.17, 15) is 4.79 Å². The molecule has 260 valence electrons. The van der Waals surface area contributed by atoms with E-state index < -0.39 is 17.7 Å². The summed E-state index contributed by atoms with van der Waals surface area (Å²) in [6.45, 7) is 6.56. The highest BCUT2D eigenvalue weighted by Crippen LogP contribution is 2.40. The number of fused-ring (bicyclic) bond motifs is 4. The van der Waals surface area contributed by atoms with Gasteiger partial charge >= 0.3 is 6.01 Å². The molecule has 0 bridgehead atoms. The Morgan fingerprint density at radius 3 is 2.60 bits per heavy atom. The molecule has 11 nitrogen and oxygen atoms in total. The fraction of sp³-hybridized carbons (Fsp3) is 0.459. The van der Waals surface area contributed by atoms with Gasteiger partial charge in [0.1, 0.15) is 35.5 Å². The van der Waals surface area contributed by atoms with E-state index in [0.29, 0.717) is 80.1 Å². The van der Waals surface area contributed by atoms with E-state index in [1.165, 1.54) is 6.07 Å². The molecule has 1 N–H and O–H groups in total. The first-order valence-corrected chi connectivity index (χ1v) is 17.8. The highest BCUT2D eigenvalue weighted by atomic mass is 19.1. The van der Waals surface area contributed by atoms with Gasteiger partial charge in [0.25, 0.3) is 0 Å². The number of morpholine rings is 1. The molecule has 5 aliphatic heterocycles. The number of carbonyl (C=O) groups excluding carboxylic acids is 1. The maximum atomic E-state index is 16.9. The largest absolute Gasteiger partial charge is 0.461 e. The van der Waals surface area contributed by atoms with Crippen LogP contribution in [0.4, 0.5) is 14.6 Å². The van der Waals surface area contributed by atoms with Gasteiger partial charge in [-0.15, -0.1) is 0 Å². The van der Waals surface area contributed by atoms with Crippen molar-refractivity contribution >= 4 is 33.4 Å². The number of nitrogens with one attached hydrogen (secondary N) is 1. The van der Waals surface area contributed by atoms with Crippen LogP contribution in [0.15, 0.2) is 54.4 Å². The first-order chi connectivity index (χ1) is 24.5. The van der Waals surface area contributed by atoms with Crippen molar-refractivity contribution in [1.82, 2.24) is 35.2 Å². The van der Waals surface area contributed by atoms with Crippen LogP contribution < -0.4 is 15.1 Å². The first kappa shape index (κ1) is 31.5. The third kappa shape index (κ3) is 5.42. The lowest BCUT2D eigenvalue weighted by molar-refractivity contribution is -0.136. The van der Waals surface area contributed by atoms with Crippen LogP contribution in [0.3, 0.4) is 0 Å². The van der Waals surface area contributed by atoms with Crippen LogP contribution in [-0.4, -0.2) is 113 Å². The summed E-state index contributed by atoms with van der Waals surface area (Å²) in [6.07, 6.45) is 8.70. The third-order valence-electron chi connectivity index (χ3n) is 11.1. The zero-order valence-electron chi connectivity index (χ0n) is 27.9. The number of nitrogens with zero attached hydrogens (tertiary/aromatic N) is 7. The zero-order chi connectivity index (χ0) is 33.8. The molecule has 7 heterocycles. The number of anilines is 1. The molecule has 4 saturated heterocycles. The van der Waals surface area contributed by atoms with Crippen molar-refractivity contribution in [2.45, 2.75) is 43.7 Å². The van der Waals surface area contributed by atoms with E-state index >= 15 is 8.78 Å². The summed E-state index contributed by atoms with van der Waals surface area (Å²) in [5.41, 5.74) is 4.76. The minimum Gasteiger partial charge on any atom is -0.461 e. The van der Waals surface area contributed by atoms with E-state index in [1.807, 2.05) is 16.0 Å². The molecule has 9 rings (SSSR count). The van der Waals surface area contributed by atoms with Crippen molar-refractivity contribution in [3.05, 3.63) is 66.0 Å². The van der Waals surface area contributed by atoms with Gasteiger partial charge in [-0.2, -0.15) is 9.97 Å². The standard InChI is InChI=1S/C37H40F2N8O3/c38-28-9-2-7-24-6-1-8-26(30(24)28)32-31(39)33-27(21-40-32)34(42-36(41-33)50-23-37-10-3-13-46(37)14-4-11-37)45-12-5-15-47-25(22-45)20-29(43-47)35(48)44-16-18-49-19-17-44/h1-2,6-9,20-21,29,43H,3-5,10-19,22-23H2. The molecule has 1 amide bonds. The molecule has 1 atom stereocenters. The quantitative estimate of drug-likeness (QED) is 0.318. The van der Waals surface area contributed by atoms with Gasteiger partial charge in [0.05, 0.1) is 30.7 Å². The molecule has 2 aromatic carbocycles. The van der Waals surface area contributed by atoms with Crippen LogP contribution in [0.1, 0.15) is 32.1 Å². The van der Waals surface area contributed by atoms with Gasteiger partial charge in [0.15, 0.2) is 5.82 Å². The summed E-state index contributed by atoms with van der Waals surface area (Å²) in [5, 5.41) is 3.46. The summed E-state index contributed by atoms with van der Waals surface area (Å²) in [7, 11) is 0. The SMILES string of the molecule is O=C(C1C=C2CN(c3nc(OCC45CCCN4CCC5)nc4c(F)c(-c5cccc6cccc(F)c56)ncc34)CCCN2N1)N1CCOCC1. The van der Waals surface area contributed by atoms with Crippen LogP contribution in [0, 0.1) is 11.6 Å². The summed E-state index contributed by atoms with van der Waals surface area (Å²) < 4.78 is 43.9. The van der Waals surface area contributed by atoms with Gasteiger partial charge in [0, 0.05) is 49.0 Å². The number of hydrogen-bond acceptors (Lipinski definition) is 10. The van der Waals surface area contributed by atoms with E-state index in [2.05, 4.69) is 25.2 Å². The average molecular weight is 683 g/mol. The molecular formula is C37H40F2N8O3. The van der Waals surface area contributed by atoms with E-state index in [0.717, 1.165) is 50.9 Å². The Balaban J connectivity index is 1.11. The van der Waals surface area contributed by atoms with Gasteiger partial charge in [-0.3, -0.25) is 14.7 Å². The molecule has 5 aliphatic rings. The Bertz CT molecular complexity index is 1990. The Labute approximate surface area is 288 Å². The van der Waals surface area contributed by atoms with E-state index in [4.69, 9.17) is 14.5 Å². The number of halogens is 2. The molecule has 0 spiro atoms. The second kappa shape index (κ2) is 12.7. The average Bonchev–Trinajstić information content (AvgIpc) is 3.81. The predicted molar refractivity (Wildman–Crippen MR) is 184 cm³/mol. The molecule has 13 heteroatoms. The highest BCUT2D eigenvalue weighted by molar-refractivity contribution is 5.99. The Morgan fingerprint density at radius 1 is 0.980 bits per heavy atom. The second-order valence-corrected chi connectivity index (χ2v) is 14.0. The lowest BCUT2D eigenvalue weighted by Crippen LogP contribution is -2.50. The van der Waals surface area contributed by atoms with E-state index in [-0.39, 0.29) is 28.7 Å². The zero-order valence-corrected chi connectivity index (χ0v) is 27.9. The minimum atomic E-state index is -0.650. The highest BCUT2D eigenvalue weighted by Gasteiger charge is 2.45. The van der Waals surface area contributed by atoms with Crippen molar-refractivity contribution in [3.63, 3.8) is 0 Å². The molecular weight excluding hydrogens is 642 g/mol. The van der Waals surface area contributed by atoms with Crippen molar-refractivity contribution in [3.8, 4) is 17.3 Å². The normalized spacial score (nSPS) is 22.2. The summed E-state index contributed by atoms with van der Waals surface area (Å²) in [4.78, 5) is 34.0. The fourth-order valence-corrected chi connectivity index (χ4v) is 8.57. The summed E-state index contributed by atoms with van der Waals surface area (Å²) >= 11 is 0. The van der Waals surface area contributed by atoms with Gasteiger partial charge < -0.3 is 24.3 Å². The van der Waals surface area contributed by atoms with Gasteiger partial charge in [-0.05, 0) is 62.7 Å². The number of hydrogen-bond donors (Lipinski definition) is 1. The number of aromatic nitrogens is 3. The van der Waals surface area contributed by atoms with Crippen molar-refractivity contribution in [1.29, 1.82) is 0 Å². The second-order valence-electron chi connectivity index (χ2n) is 14.0. The number of carbonyl (C=O) groups is 1. The Kier molecular flexibility index (Phi) is 8.00. The van der Waals surface area contributed by atoms with Crippen LogP contribution >= 0.6 is 0 Å². The molecule has 2 aromatic heterocycles. The van der Waals surface area contributed by atoms with E-state index in [1.54, 1.807) is 36.5 Å². The Morgan fingerprint density at radius 2 is 1.78 bits per heavy atom. The number of amides is 1. The van der Waals surface area contributed by atoms with Crippen LogP contribution in [-0.2, 0) is 9.53 Å². The molecule has 0 radical (unpaired) electrons. The maximum absolute atomic E-state index is 16.9. The lowest BCUT2D eigenvalue weighted by atomic mass is 9.95. The third-order valence-corrected chi connectivity index (χ3v) is 11.1. The molecule has 0 aliphatic carbocycles. The molecule has 4 fully saturated rings. The lowest BCUT2D eigenvalue weighted by Gasteiger charge is -2.31. The minimum absolute atomic E-state index is 0.0226. The number of rotatable bonds is 6. The van der Waals surface area contributed by atoms with Crippen molar-refractivity contribution in [2.75, 3.05) is 70.5 Å².